The van der Waals surface area contributed by atoms with Crippen molar-refractivity contribution in [2.45, 2.75) is 44.2 Å². The van der Waals surface area contributed by atoms with Crippen LogP contribution in [0.25, 0.3) is 0 Å². The number of aliphatic hydroxyl groups is 1. The van der Waals surface area contributed by atoms with Gasteiger partial charge in [-0.2, -0.15) is 0 Å². The molecule has 1 aliphatic carbocycles. The van der Waals surface area contributed by atoms with Crippen molar-refractivity contribution in [2.75, 3.05) is 19.6 Å². The molecule has 3 N–H and O–H groups in total. The molecule has 114 valence electrons. The number of nitrogens with two attached hydrogens (primary N) is 1. The summed E-state index contributed by atoms with van der Waals surface area (Å²) >= 11 is 1.76. The van der Waals surface area contributed by atoms with Crippen LogP contribution < -0.4 is 5.73 Å². The van der Waals surface area contributed by atoms with Gasteiger partial charge in [0, 0.05) is 30.4 Å². The van der Waals surface area contributed by atoms with E-state index in [2.05, 4.69) is 28.9 Å². The van der Waals surface area contributed by atoms with E-state index in [1.54, 1.807) is 11.3 Å². The highest BCUT2D eigenvalue weighted by Crippen LogP contribution is 2.40. The molecule has 21 heavy (non-hydrogen) atoms. The van der Waals surface area contributed by atoms with Gasteiger partial charge in [-0.15, -0.1) is 11.3 Å². The van der Waals surface area contributed by atoms with Gasteiger partial charge in [-0.25, -0.2) is 0 Å². The number of rotatable bonds is 2. The zero-order valence-corrected chi connectivity index (χ0v) is 13.3. The van der Waals surface area contributed by atoms with Gasteiger partial charge in [0.05, 0.1) is 17.0 Å². The number of hydrogen-bond acceptors (Lipinski definition) is 4. The summed E-state index contributed by atoms with van der Waals surface area (Å²) in [6.07, 6.45) is 5.59. The lowest BCUT2D eigenvalue weighted by Crippen LogP contribution is -2.52. The van der Waals surface area contributed by atoms with Crippen molar-refractivity contribution >= 4 is 11.3 Å². The Hall–Kier alpha value is -0.860. The summed E-state index contributed by atoms with van der Waals surface area (Å²) in [5.41, 5.74) is 5.03. The lowest BCUT2D eigenvalue weighted by atomic mass is 9.71. The van der Waals surface area contributed by atoms with Gasteiger partial charge in [-0.05, 0) is 31.4 Å². The highest BCUT2D eigenvalue weighted by molar-refractivity contribution is 7.12. The molecule has 2 fully saturated rings. The molecule has 4 heteroatoms. The number of nitrogens with zero attached hydrogens (tertiary/aromatic N) is 1. The first-order valence-electron chi connectivity index (χ1n) is 7.92. The molecule has 2 unspecified atom stereocenters. The Balaban J connectivity index is 1.60. The van der Waals surface area contributed by atoms with E-state index in [-0.39, 0.29) is 5.60 Å². The van der Waals surface area contributed by atoms with Gasteiger partial charge >= 0.3 is 0 Å². The Bertz CT molecular complexity index is 544. The number of thiophene rings is 1. The van der Waals surface area contributed by atoms with Crippen molar-refractivity contribution < 1.29 is 5.11 Å². The lowest BCUT2D eigenvalue weighted by Gasteiger charge is -2.47. The van der Waals surface area contributed by atoms with Crippen LogP contribution in [0.2, 0.25) is 0 Å². The second-order valence-corrected chi connectivity index (χ2v) is 7.47. The van der Waals surface area contributed by atoms with Gasteiger partial charge in [-0.3, -0.25) is 4.90 Å². The monoisotopic (exact) mass is 304 g/mol. The van der Waals surface area contributed by atoms with E-state index in [1.165, 1.54) is 24.1 Å². The summed E-state index contributed by atoms with van der Waals surface area (Å²) in [5.74, 6) is 6.47. The molecule has 2 heterocycles. The maximum Gasteiger partial charge on any atom is 0.0772 e. The largest absolute Gasteiger partial charge is 0.390 e. The zero-order valence-electron chi connectivity index (χ0n) is 12.5. The summed E-state index contributed by atoms with van der Waals surface area (Å²) in [5, 5.41) is 10.7. The van der Waals surface area contributed by atoms with E-state index in [1.807, 2.05) is 0 Å². The Kier molecular flexibility index (Phi) is 4.66. The molecule has 3 nitrogen and oxygen atoms in total. The first-order chi connectivity index (χ1) is 10.2. The highest BCUT2D eigenvalue weighted by Gasteiger charge is 2.42. The van der Waals surface area contributed by atoms with Crippen LogP contribution in [0.4, 0.5) is 0 Å². The fourth-order valence-corrected chi connectivity index (χ4v) is 4.60. The van der Waals surface area contributed by atoms with Gasteiger partial charge in [0.2, 0.25) is 0 Å². The fraction of sp³-hybridized carbons (Fsp3) is 0.647. The molecule has 1 saturated carbocycles. The van der Waals surface area contributed by atoms with Gasteiger partial charge in [0.15, 0.2) is 0 Å². The Morgan fingerprint density at radius 3 is 3.14 bits per heavy atom. The molecule has 1 aromatic heterocycles. The van der Waals surface area contributed by atoms with Crippen molar-refractivity contribution in [2.24, 2.45) is 11.7 Å². The van der Waals surface area contributed by atoms with E-state index in [4.69, 9.17) is 5.73 Å². The average molecular weight is 304 g/mol. The predicted molar refractivity (Wildman–Crippen MR) is 87.1 cm³/mol. The van der Waals surface area contributed by atoms with E-state index in [0.717, 1.165) is 37.4 Å². The Morgan fingerprint density at radius 2 is 2.29 bits per heavy atom. The van der Waals surface area contributed by atoms with Gasteiger partial charge in [0.25, 0.3) is 0 Å². The van der Waals surface area contributed by atoms with Crippen LogP contribution in [0, 0.1) is 17.8 Å². The van der Waals surface area contributed by atoms with Crippen LogP contribution in [0.5, 0.6) is 0 Å². The normalized spacial score (nSPS) is 29.5. The van der Waals surface area contributed by atoms with Crippen molar-refractivity contribution in [1.29, 1.82) is 0 Å². The van der Waals surface area contributed by atoms with Gasteiger partial charge in [-0.1, -0.05) is 24.7 Å². The van der Waals surface area contributed by atoms with E-state index < -0.39 is 0 Å². The van der Waals surface area contributed by atoms with E-state index in [9.17, 15) is 5.11 Å². The third-order valence-electron chi connectivity index (χ3n) is 4.87. The van der Waals surface area contributed by atoms with Gasteiger partial charge < -0.3 is 10.8 Å². The van der Waals surface area contributed by atoms with Gasteiger partial charge in [0.1, 0.15) is 0 Å². The average Bonchev–Trinajstić information content (AvgIpc) is 2.93. The van der Waals surface area contributed by atoms with Crippen molar-refractivity contribution in [3.8, 4) is 11.8 Å². The zero-order chi connectivity index (χ0) is 14.7. The molecule has 1 aliphatic heterocycles. The van der Waals surface area contributed by atoms with Crippen LogP contribution >= 0.6 is 11.3 Å². The molecule has 1 saturated heterocycles. The van der Waals surface area contributed by atoms with Crippen molar-refractivity contribution in [3.05, 3.63) is 21.9 Å². The second-order valence-electron chi connectivity index (χ2n) is 6.30. The minimum absolute atomic E-state index is 0.373. The summed E-state index contributed by atoms with van der Waals surface area (Å²) in [6.45, 7) is 3.45. The quantitative estimate of drug-likeness (QED) is 0.824. The van der Waals surface area contributed by atoms with E-state index >= 15 is 0 Å². The molecule has 3 rings (SSSR count). The second kappa shape index (κ2) is 6.50. The third-order valence-corrected chi connectivity index (χ3v) is 5.85. The SMILES string of the molecule is NCC#Cc1ccc(CN2CCC3(O)CCCCC3C2)s1. The predicted octanol–water partition coefficient (Wildman–Crippen LogP) is 2.19. The Labute approximate surface area is 131 Å². The minimum Gasteiger partial charge on any atom is -0.390 e. The van der Waals surface area contributed by atoms with Crippen LogP contribution in [-0.2, 0) is 6.54 Å². The molecule has 0 amide bonds. The van der Waals surface area contributed by atoms with Crippen LogP contribution in [0.3, 0.4) is 0 Å². The summed E-state index contributed by atoms with van der Waals surface area (Å²) < 4.78 is 0. The summed E-state index contributed by atoms with van der Waals surface area (Å²) in [6, 6.07) is 4.26. The molecule has 1 aromatic rings. The standard InChI is InChI=1S/C17H24N2OS/c18-10-3-5-15-6-7-16(21-15)13-19-11-9-17(20)8-2-1-4-14(17)12-19/h6-7,14,20H,1-2,4,8-13,18H2. The molecule has 0 radical (unpaired) electrons. The number of fused-ring (bicyclic) bond motifs is 1. The van der Waals surface area contributed by atoms with Crippen molar-refractivity contribution in [3.63, 3.8) is 0 Å². The summed E-state index contributed by atoms with van der Waals surface area (Å²) in [4.78, 5) is 4.95. The van der Waals surface area contributed by atoms with E-state index in [0.29, 0.717) is 12.5 Å². The van der Waals surface area contributed by atoms with Crippen molar-refractivity contribution in [1.82, 2.24) is 4.90 Å². The number of likely N-dealkylation sites (tertiary alicyclic amines) is 1. The number of hydrogen-bond donors (Lipinski definition) is 2. The molecular weight excluding hydrogens is 280 g/mol. The maximum atomic E-state index is 10.7. The van der Waals surface area contributed by atoms with Crippen LogP contribution in [0.1, 0.15) is 41.9 Å². The third kappa shape index (κ3) is 3.49. The lowest BCUT2D eigenvalue weighted by molar-refractivity contribution is -0.0966. The molecule has 0 bridgehead atoms. The molecule has 2 atom stereocenters. The first-order valence-corrected chi connectivity index (χ1v) is 8.74. The summed E-state index contributed by atoms with van der Waals surface area (Å²) in [7, 11) is 0. The molecular formula is C17H24N2OS. The Morgan fingerprint density at radius 1 is 1.38 bits per heavy atom. The minimum atomic E-state index is -0.373. The van der Waals surface area contributed by atoms with Crippen LogP contribution in [0.15, 0.2) is 12.1 Å². The smallest absolute Gasteiger partial charge is 0.0772 e. The first kappa shape index (κ1) is 15.1. The molecule has 0 spiro atoms. The fourth-order valence-electron chi connectivity index (χ4n) is 3.67. The van der Waals surface area contributed by atoms with Crippen LogP contribution in [-0.4, -0.2) is 35.2 Å². The molecule has 0 aromatic carbocycles. The maximum absolute atomic E-state index is 10.7. The highest BCUT2D eigenvalue weighted by atomic mass is 32.1. The number of piperidine rings is 1. The topological polar surface area (TPSA) is 49.5 Å². The molecule has 2 aliphatic rings.